The van der Waals surface area contributed by atoms with Gasteiger partial charge in [0.15, 0.2) is 5.58 Å². The lowest BCUT2D eigenvalue weighted by Crippen LogP contribution is -2.10. The molecule has 0 aliphatic heterocycles. The third kappa shape index (κ3) is 5.74. The highest BCUT2D eigenvalue weighted by Gasteiger charge is 2.18. The lowest BCUT2D eigenvalue weighted by Gasteiger charge is -2.19. The summed E-state index contributed by atoms with van der Waals surface area (Å²) in [5.41, 5.74) is 9.30. The number of benzene rings is 2. The van der Waals surface area contributed by atoms with Gasteiger partial charge in [-0.05, 0) is 81.8 Å². The summed E-state index contributed by atoms with van der Waals surface area (Å²) in [6.45, 7) is 13.7. The Hall–Kier alpha value is -3.18. The van der Waals surface area contributed by atoms with E-state index in [1.165, 1.54) is 38.8 Å². The van der Waals surface area contributed by atoms with Crippen molar-refractivity contribution < 1.29 is 19.4 Å². The van der Waals surface area contributed by atoms with Gasteiger partial charge in [-0.25, -0.2) is 0 Å². The number of fused-ring (bicyclic) bond motifs is 3. The molecule has 0 spiro atoms. The average molecular weight is 436 g/mol. The molecule has 2 heterocycles. The van der Waals surface area contributed by atoms with Gasteiger partial charge in [0.25, 0.3) is 6.47 Å². The SMILES string of the molecule is CC(C)(C)O.CCc1c(-c2ccc(C)cc2)c(C)c2c(ncc3occc32)c1C.O=CO. The van der Waals surface area contributed by atoms with Crippen molar-refractivity contribution in [3.8, 4) is 11.1 Å². The Morgan fingerprint density at radius 3 is 2.12 bits per heavy atom. The van der Waals surface area contributed by atoms with Gasteiger partial charge < -0.3 is 14.6 Å². The van der Waals surface area contributed by atoms with Crippen molar-refractivity contribution >= 4 is 28.3 Å². The number of hydrogen-bond donors (Lipinski definition) is 2. The summed E-state index contributed by atoms with van der Waals surface area (Å²) in [4.78, 5) is 13.1. The highest BCUT2D eigenvalue weighted by Crippen LogP contribution is 2.39. The number of carboxylic acid groups (broad SMARTS) is 1. The third-order valence-electron chi connectivity index (χ3n) is 5.07. The highest BCUT2D eigenvalue weighted by atomic mass is 16.3. The minimum absolute atomic E-state index is 0.250. The first-order valence-electron chi connectivity index (χ1n) is 10.7. The predicted octanol–water partition coefficient (Wildman–Crippen LogP) is 6.61. The smallest absolute Gasteiger partial charge is 0.290 e. The number of nitrogens with zero attached hydrogens (tertiary/aromatic N) is 1. The zero-order valence-corrected chi connectivity index (χ0v) is 20.0. The van der Waals surface area contributed by atoms with Crippen LogP contribution in [-0.2, 0) is 11.2 Å². The molecule has 2 N–H and O–H groups in total. The molecule has 170 valence electrons. The van der Waals surface area contributed by atoms with Crippen molar-refractivity contribution in [2.45, 2.75) is 60.5 Å². The summed E-state index contributed by atoms with van der Waals surface area (Å²) in [5, 5.41) is 17.8. The molecular formula is C27H33NO4. The first kappa shape index (κ1) is 25.1. The molecule has 4 aromatic rings. The standard InChI is InChI=1S/C22H21NO.C4H10O.CH2O2/c1-5-17-14(3)22-21(18-10-11-24-19(18)12-23-22)15(4)20(17)16-8-6-13(2)7-9-16;1-4(2,3)5;2-1-3/h6-12H,5H2,1-4H3;5H,1-3H3;1H,(H,2,3). The van der Waals surface area contributed by atoms with Crippen LogP contribution in [0, 0.1) is 20.8 Å². The summed E-state index contributed by atoms with van der Waals surface area (Å²) in [6.07, 6.45) is 4.59. The van der Waals surface area contributed by atoms with E-state index in [4.69, 9.17) is 24.4 Å². The summed E-state index contributed by atoms with van der Waals surface area (Å²) in [6, 6.07) is 10.9. The summed E-state index contributed by atoms with van der Waals surface area (Å²) in [5.74, 6) is 0. The Labute approximate surface area is 189 Å². The Bertz CT molecular complexity index is 1190. The number of carbonyl (C=O) groups is 1. The third-order valence-corrected chi connectivity index (χ3v) is 5.07. The molecule has 0 aliphatic carbocycles. The molecule has 0 amide bonds. The van der Waals surface area contributed by atoms with Crippen LogP contribution in [0.1, 0.15) is 49.9 Å². The van der Waals surface area contributed by atoms with E-state index in [9.17, 15) is 0 Å². The van der Waals surface area contributed by atoms with E-state index in [0.717, 1.165) is 22.9 Å². The molecule has 2 aromatic carbocycles. The summed E-state index contributed by atoms with van der Waals surface area (Å²) >= 11 is 0. The first-order valence-corrected chi connectivity index (χ1v) is 10.7. The van der Waals surface area contributed by atoms with E-state index >= 15 is 0 Å². The van der Waals surface area contributed by atoms with Gasteiger partial charge in [-0.1, -0.05) is 36.8 Å². The summed E-state index contributed by atoms with van der Waals surface area (Å²) in [7, 11) is 0. The van der Waals surface area contributed by atoms with Gasteiger partial charge in [-0.3, -0.25) is 9.78 Å². The zero-order chi connectivity index (χ0) is 24.1. The van der Waals surface area contributed by atoms with Crippen LogP contribution in [0.4, 0.5) is 0 Å². The number of aliphatic hydroxyl groups is 1. The molecule has 0 radical (unpaired) electrons. The molecule has 2 aromatic heterocycles. The topological polar surface area (TPSA) is 83.6 Å². The van der Waals surface area contributed by atoms with Crippen LogP contribution in [0.2, 0.25) is 0 Å². The largest absolute Gasteiger partial charge is 0.483 e. The van der Waals surface area contributed by atoms with Crippen molar-refractivity contribution in [1.82, 2.24) is 4.98 Å². The van der Waals surface area contributed by atoms with Crippen LogP contribution in [0.15, 0.2) is 47.2 Å². The van der Waals surface area contributed by atoms with E-state index in [-0.39, 0.29) is 6.47 Å². The van der Waals surface area contributed by atoms with E-state index in [2.05, 4.69) is 58.0 Å². The first-order chi connectivity index (χ1) is 15.0. The molecule has 5 nitrogen and oxygen atoms in total. The van der Waals surface area contributed by atoms with Gasteiger partial charge >= 0.3 is 0 Å². The number of pyridine rings is 1. The molecule has 4 rings (SSSR count). The Kier molecular flexibility index (Phi) is 8.17. The van der Waals surface area contributed by atoms with Crippen molar-refractivity contribution in [2.24, 2.45) is 0 Å². The minimum Gasteiger partial charge on any atom is -0.483 e. The Morgan fingerprint density at radius 2 is 1.59 bits per heavy atom. The van der Waals surface area contributed by atoms with E-state index in [1.54, 1.807) is 27.0 Å². The number of rotatable bonds is 2. The monoisotopic (exact) mass is 435 g/mol. The van der Waals surface area contributed by atoms with Crippen molar-refractivity contribution in [2.75, 3.05) is 0 Å². The molecule has 0 aliphatic rings. The minimum atomic E-state index is -0.500. The van der Waals surface area contributed by atoms with E-state index in [0.29, 0.717) is 0 Å². The maximum atomic E-state index is 8.52. The Balaban J connectivity index is 0.000000395. The molecule has 0 atom stereocenters. The van der Waals surface area contributed by atoms with Crippen LogP contribution in [-0.4, -0.2) is 27.3 Å². The zero-order valence-electron chi connectivity index (χ0n) is 20.0. The molecule has 0 bridgehead atoms. The van der Waals surface area contributed by atoms with Gasteiger partial charge in [-0.2, -0.15) is 0 Å². The number of furan rings is 1. The van der Waals surface area contributed by atoms with Crippen LogP contribution in [0.5, 0.6) is 0 Å². The maximum Gasteiger partial charge on any atom is 0.290 e. The van der Waals surface area contributed by atoms with Crippen LogP contribution >= 0.6 is 0 Å². The molecule has 0 saturated carbocycles. The van der Waals surface area contributed by atoms with Gasteiger partial charge in [-0.15, -0.1) is 0 Å². The second-order valence-electron chi connectivity index (χ2n) is 8.78. The fourth-order valence-electron chi connectivity index (χ4n) is 3.84. The quantitative estimate of drug-likeness (QED) is 0.346. The molecular weight excluding hydrogens is 402 g/mol. The fourth-order valence-corrected chi connectivity index (χ4v) is 3.84. The second-order valence-corrected chi connectivity index (χ2v) is 8.78. The molecule has 0 fully saturated rings. The lowest BCUT2D eigenvalue weighted by atomic mass is 9.86. The van der Waals surface area contributed by atoms with E-state index < -0.39 is 5.60 Å². The summed E-state index contributed by atoms with van der Waals surface area (Å²) < 4.78 is 5.58. The number of hydrogen-bond acceptors (Lipinski definition) is 4. The van der Waals surface area contributed by atoms with Crippen molar-refractivity contribution in [3.05, 3.63) is 65.0 Å². The van der Waals surface area contributed by atoms with Crippen LogP contribution in [0.25, 0.3) is 33.0 Å². The number of aromatic nitrogens is 1. The normalized spacial score (nSPS) is 10.9. The fraction of sp³-hybridized carbons (Fsp3) is 0.333. The van der Waals surface area contributed by atoms with Crippen LogP contribution < -0.4 is 0 Å². The molecule has 32 heavy (non-hydrogen) atoms. The predicted molar refractivity (Wildman–Crippen MR) is 131 cm³/mol. The van der Waals surface area contributed by atoms with Crippen molar-refractivity contribution in [3.63, 3.8) is 0 Å². The molecule has 0 unspecified atom stereocenters. The van der Waals surface area contributed by atoms with Gasteiger partial charge in [0, 0.05) is 10.8 Å². The number of aryl methyl sites for hydroxylation is 3. The molecule has 5 heteroatoms. The second kappa shape index (κ2) is 10.4. The van der Waals surface area contributed by atoms with Gasteiger partial charge in [0.2, 0.25) is 0 Å². The van der Waals surface area contributed by atoms with Gasteiger partial charge in [0.1, 0.15) is 0 Å². The highest BCUT2D eigenvalue weighted by molar-refractivity contribution is 6.09. The molecule has 0 saturated heterocycles. The van der Waals surface area contributed by atoms with Crippen molar-refractivity contribution in [1.29, 1.82) is 0 Å². The van der Waals surface area contributed by atoms with Gasteiger partial charge in [0.05, 0.1) is 23.6 Å². The lowest BCUT2D eigenvalue weighted by molar-refractivity contribution is -0.122. The average Bonchev–Trinajstić information content (AvgIpc) is 3.19. The van der Waals surface area contributed by atoms with E-state index in [1.807, 2.05) is 6.20 Å². The maximum absolute atomic E-state index is 8.52. The van der Waals surface area contributed by atoms with Crippen LogP contribution in [0.3, 0.4) is 0 Å². The Morgan fingerprint density at radius 1 is 1.03 bits per heavy atom.